The van der Waals surface area contributed by atoms with Crippen molar-refractivity contribution >= 4 is 29.0 Å². The summed E-state index contributed by atoms with van der Waals surface area (Å²) in [7, 11) is 0. The maximum atomic E-state index is 12.7. The normalized spacial score (nSPS) is 14.9. The van der Waals surface area contributed by atoms with E-state index in [4.69, 9.17) is 23.2 Å². The number of halogens is 2. The van der Waals surface area contributed by atoms with E-state index >= 15 is 0 Å². The smallest absolute Gasteiger partial charge is 0.194 e. The molecule has 1 fully saturated rings. The molecule has 0 N–H and O–H groups in total. The summed E-state index contributed by atoms with van der Waals surface area (Å²) in [5.41, 5.74) is 2.37. The molecule has 0 atom stereocenters. The Kier molecular flexibility index (Phi) is 3.82. The van der Waals surface area contributed by atoms with Crippen LogP contribution >= 0.6 is 23.2 Å². The molecule has 0 spiro atoms. The van der Waals surface area contributed by atoms with Crippen LogP contribution in [0.5, 0.6) is 0 Å². The molecule has 3 heteroatoms. The Balaban J connectivity index is 2.04. The lowest BCUT2D eigenvalue weighted by Gasteiger charge is -2.27. The van der Waals surface area contributed by atoms with Crippen molar-refractivity contribution in [2.75, 3.05) is 0 Å². The van der Waals surface area contributed by atoms with Gasteiger partial charge < -0.3 is 0 Å². The van der Waals surface area contributed by atoms with Gasteiger partial charge in [0.2, 0.25) is 0 Å². The quantitative estimate of drug-likeness (QED) is 0.685. The molecule has 0 amide bonds. The molecule has 3 rings (SSSR count). The van der Waals surface area contributed by atoms with E-state index in [1.807, 2.05) is 18.2 Å². The van der Waals surface area contributed by atoms with Crippen molar-refractivity contribution in [3.63, 3.8) is 0 Å². The third-order valence-electron chi connectivity index (χ3n) is 3.92. The van der Waals surface area contributed by atoms with Crippen molar-refractivity contribution in [1.29, 1.82) is 0 Å². The minimum atomic E-state index is -0.0417. The summed E-state index contributed by atoms with van der Waals surface area (Å²) >= 11 is 12.1. The second-order valence-electron chi connectivity index (χ2n) is 5.17. The molecule has 102 valence electrons. The minimum absolute atomic E-state index is 0.0417. The second-order valence-corrected chi connectivity index (χ2v) is 6.01. The number of carbonyl (C=O) groups excluding carboxylic acids is 1. The summed E-state index contributed by atoms with van der Waals surface area (Å²) in [6, 6.07) is 12.8. The summed E-state index contributed by atoms with van der Waals surface area (Å²) in [4.78, 5) is 12.7. The van der Waals surface area contributed by atoms with E-state index in [-0.39, 0.29) is 5.78 Å². The van der Waals surface area contributed by atoms with E-state index in [0.717, 1.165) is 24.0 Å². The molecule has 0 unspecified atom stereocenters. The van der Waals surface area contributed by atoms with Crippen LogP contribution < -0.4 is 0 Å². The molecule has 1 aliphatic rings. The van der Waals surface area contributed by atoms with E-state index in [1.54, 1.807) is 18.2 Å². The monoisotopic (exact) mass is 304 g/mol. The maximum absolute atomic E-state index is 12.7. The lowest BCUT2D eigenvalue weighted by molar-refractivity contribution is 0.103. The molecule has 1 aliphatic carbocycles. The Morgan fingerprint density at radius 3 is 2.45 bits per heavy atom. The Labute approximate surface area is 128 Å². The molecular weight excluding hydrogens is 291 g/mol. The Morgan fingerprint density at radius 2 is 1.75 bits per heavy atom. The Morgan fingerprint density at radius 1 is 1.00 bits per heavy atom. The molecular formula is C17H14Cl2O. The molecule has 2 aromatic carbocycles. The number of carbonyl (C=O) groups is 1. The van der Waals surface area contributed by atoms with E-state index < -0.39 is 0 Å². The highest BCUT2D eigenvalue weighted by Crippen LogP contribution is 2.38. The van der Waals surface area contributed by atoms with Crippen molar-refractivity contribution in [3.05, 3.63) is 69.2 Å². The fraction of sp³-hybridized carbons (Fsp3) is 0.235. The highest BCUT2D eigenvalue weighted by atomic mass is 35.5. The van der Waals surface area contributed by atoms with Crippen LogP contribution in [0.2, 0.25) is 10.0 Å². The topological polar surface area (TPSA) is 17.1 Å². The molecule has 0 aromatic heterocycles. The van der Waals surface area contributed by atoms with Crippen LogP contribution in [0.25, 0.3) is 0 Å². The zero-order valence-corrected chi connectivity index (χ0v) is 12.4. The van der Waals surface area contributed by atoms with E-state index in [2.05, 4.69) is 6.07 Å². The van der Waals surface area contributed by atoms with Gasteiger partial charge in [0.25, 0.3) is 0 Å². The van der Waals surface area contributed by atoms with Gasteiger partial charge in [0.05, 0.1) is 5.02 Å². The highest BCUT2D eigenvalue weighted by molar-refractivity contribution is 6.36. The number of ketones is 1. The van der Waals surface area contributed by atoms with Crippen LogP contribution in [0.3, 0.4) is 0 Å². The molecule has 1 saturated carbocycles. The van der Waals surface area contributed by atoms with Gasteiger partial charge in [0.15, 0.2) is 5.78 Å². The molecule has 1 nitrogen and oxygen atoms in total. The van der Waals surface area contributed by atoms with Gasteiger partial charge in [-0.2, -0.15) is 0 Å². The van der Waals surface area contributed by atoms with Crippen molar-refractivity contribution in [2.24, 2.45) is 0 Å². The summed E-state index contributed by atoms with van der Waals surface area (Å²) < 4.78 is 0. The summed E-state index contributed by atoms with van der Waals surface area (Å²) in [5, 5.41) is 0.974. The number of benzene rings is 2. The zero-order chi connectivity index (χ0) is 14.1. The van der Waals surface area contributed by atoms with Crippen LogP contribution in [-0.2, 0) is 0 Å². The minimum Gasteiger partial charge on any atom is -0.289 e. The van der Waals surface area contributed by atoms with Gasteiger partial charge >= 0.3 is 0 Å². The van der Waals surface area contributed by atoms with E-state index in [9.17, 15) is 4.79 Å². The first kappa shape index (κ1) is 13.7. The first-order chi connectivity index (χ1) is 9.66. The molecule has 0 heterocycles. The molecule has 2 aromatic rings. The van der Waals surface area contributed by atoms with Crippen LogP contribution in [0.15, 0.2) is 42.5 Å². The van der Waals surface area contributed by atoms with Crippen molar-refractivity contribution in [2.45, 2.75) is 25.2 Å². The largest absolute Gasteiger partial charge is 0.289 e. The fourth-order valence-electron chi connectivity index (χ4n) is 2.60. The average molecular weight is 305 g/mol. The summed E-state index contributed by atoms with van der Waals surface area (Å²) in [6.07, 6.45) is 3.56. The molecule has 0 saturated heterocycles. The van der Waals surface area contributed by atoms with Gasteiger partial charge in [-0.1, -0.05) is 53.9 Å². The zero-order valence-electron chi connectivity index (χ0n) is 10.9. The Hall–Kier alpha value is -1.31. The van der Waals surface area contributed by atoms with Gasteiger partial charge in [0, 0.05) is 16.1 Å². The van der Waals surface area contributed by atoms with Crippen LogP contribution in [0, 0.1) is 0 Å². The second kappa shape index (κ2) is 5.59. The SMILES string of the molecule is O=C(c1cc(Cl)ccc1Cl)c1ccccc1C1CCC1. The van der Waals surface area contributed by atoms with Crippen LogP contribution in [0.4, 0.5) is 0 Å². The third kappa shape index (κ3) is 2.48. The lowest BCUT2D eigenvalue weighted by Crippen LogP contribution is -2.14. The average Bonchev–Trinajstić information content (AvgIpc) is 2.39. The lowest BCUT2D eigenvalue weighted by atomic mass is 9.77. The molecule has 20 heavy (non-hydrogen) atoms. The predicted octanol–water partition coefficient (Wildman–Crippen LogP) is 5.49. The Bertz CT molecular complexity index is 660. The maximum Gasteiger partial charge on any atom is 0.194 e. The number of hydrogen-bond donors (Lipinski definition) is 0. The molecule has 0 radical (unpaired) electrons. The molecule has 0 bridgehead atoms. The van der Waals surface area contributed by atoms with Crippen molar-refractivity contribution in [1.82, 2.24) is 0 Å². The van der Waals surface area contributed by atoms with Crippen molar-refractivity contribution < 1.29 is 4.79 Å². The molecule has 0 aliphatic heterocycles. The van der Waals surface area contributed by atoms with E-state index in [0.29, 0.717) is 21.5 Å². The van der Waals surface area contributed by atoms with E-state index in [1.165, 1.54) is 6.42 Å². The third-order valence-corrected chi connectivity index (χ3v) is 4.49. The van der Waals surface area contributed by atoms with Crippen LogP contribution in [-0.4, -0.2) is 5.78 Å². The first-order valence-corrected chi connectivity index (χ1v) is 7.51. The van der Waals surface area contributed by atoms with Gasteiger partial charge in [-0.3, -0.25) is 4.79 Å². The number of hydrogen-bond acceptors (Lipinski definition) is 1. The van der Waals surface area contributed by atoms with Gasteiger partial charge in [0.1, 0.15) is 0 Å². The van der Waals surface area contributed by atoms with Gasteiger partial charge in [-0.05, 0) is 42.5 Å². The highest BCUT2D eigenvalue weighted by Gasteiger charge is 2.25. The van der Waals surface area contributed by atoms with Gasteiger partial charge in [-0.25, -0.2) is 0 Å². The van der Waals surface area contributed by atoms with Crippen molar-refractivity contribution in [3.8, 4) is 0 Å². The standard InChI is InChI=1S/C17H14Cl2O/c18-12-8-9-16(19)15(10-12)17(20)14-7-2-1-6-13(14)11-4-3-5-11/h1-2,6-11H,3-5H2. The first-order valence-electron chi connectivity index (χ1n) is 6.75. The summed E-state index contributed by atoms with van der Waals surface area (Å²) in [6.45, 7) is 0. The predicted molar refractivity (Wildman–Crippen MR) is 82.9 cm³/mol. The summed E-state index contributed by atoms with van der Waals surface area (Å²) in [5.74, 6) is 0.466. The van der Waals surface area contributed by atoms with Crippen LogP contribution in [0.1, 0.15) is 46.7 Å². The fourth-order valence-corrected chi connectivity index (χ4v) is 2.97. The number of rotatable bonds is 3. The van der Waals surface area contributed by atoms with Gasteiger partial charge in [-0.15, -0.1) is 0 Å².